The largest absolute Gasteiger partial charge is 0.436 e. The Morgan fingerprint density at radius 2 is 1.86 bits per heavy atom. The van der Waals surface area contributed by atoms with Gasteiger partial charge in [-0.3, -0.25) is 4.79 Å². The highest BCUT2D eigenvalue weighted by Crippen LogP contribution is 2.26. The molecule has 3 aromatic rings. The lowest BCUT2D eigenvalue weighted by Crippen LogP contribution is -2.38. The Labute approximate surface area is 166 Å². The summed E-state index contributed by atoms with van der Waals surface area (Å²) in [6.07, 6.45) is 2.15. The van der Waals surface area contributed by atoms with E-state index in [2.05, 4.69) is 36.4 Å². The Kier molecular flexibility index (Phi) is 6.82. The Morgan fingerprint density at radius 1 is 1.07 bits per heavy atom. The molecular formula is C23H29N3O2. The Balaban J connectivity index is 1.72. The second-order valence-corrected chi connectivity index (χ2v) is 7.32. The number of fused-ring (bicyclic) bond motifs is 1. The van der Waals surface area contributed by atoms with E-state index in [1.54, 1.807) is 6.07 Å². The minimum atomic E-state index is -0.112. The van der Waals surface area contributed by atoms with Crippen LogP contribution in [0.2, 0.25) is 0 Å². The minimum Gasteiger partial charge on any atom is -0.436 e. The molecule has 5 nitrogen and oxygen atoms in total. The number of rotatable bonds is 9. The number of hydrogen-bond donors (Lipinski definition) is 2. The van der Waals surface area contributed by atoms with Crippen molar-refractivity contribution in [3.63, 3.8) is 0 Å². The fourth-order valence-electron chi connectivity index (χ4n) is 3.14. The van der Waals surface area contributed by atoms with Crippen LogP contribution >= 0.6 is 0 Å². The smallest absolute Gasteiger partial charge is 0.253 e. The first kappa shape index (κ1) is 20.1. The number of nitrogens with zero attached hydrogens (tertiary/aromatic N) is 1. The molecule has 5 heteroatoms. The molecule has 0 aliphatic rings. The predicted octanol–water partition coefficient (Wildman–Crippen LogP) is 4.64. The lowest BCUT2D eigenvalue weighted by molar-refractivity contribution is 0.0929. The van der Waals surface area contributed by atoms with Gasteiger partial charge in [0.2, 0.25) is 5.89 Å². The van der Waals surface area contributed by atoms with Crippen molar-refractivity contribution in [3.05, 3.63) is 54.1 Å². The van der Waals surface area contributed by atoms with Crippen LogP contribution in [0.3, 0.4) is 0 Å². The molecule has 0 radical (unpaired) electrons. The van der Waals surface area contributed by atoms with Crippen molar-refractivity contribution in [3.8, 4) is 11.5 Å². The maximum absolute atomic E-state index is 12.9. The molecule has 1 aromatic heterocycles. The SMILES string of the molecule is CCCNCCC(C)C(C)NC(=O)c1cccc2oc(-c3ccccc3)nc12. The molecule has 0 saturated heterocycles. The standard InChI is InChI=1S/C23H29N3O2/c1-4-14-24-15-13-16(2)17(3)25-22(27)19-11-8-12-20-21(19)26-23(28-20)18-9-6-5-7-10-18/h5-12,16-17,24H,4,13-15H2,1-3H3,(H,25,27). The summed E-state index contributed by atoms with van der Waals surface area (Å²) in [5.74, 6) is 0.795. The van der Waals surface area contributed by atoms with Gasteiger partial charge in [0.15, 0.2) is 5.58 Å². The van der Waals surface area contributed by atoms with Gasteiger partial charge in [0, 0.05) is 11.6 Å². The van der Waals surface area contributed by atoms with E-state index < -0.39 is 0 Å². The zero-order valence-corrected chi connectivity index (χ0v) is 16.9. The van der Waals surface area contributed by atoms with Crippen LogP contribution in [0.4, 0.5) is 0 Å². The molecule has 0 aliphatic carbocycles. The third-order valence-corrected chi connectivity index (χ3v) is 5.10. The van der Waals surface area contributed by atoms with Gasteiger partial charge in [0.25, 0.3) is 5.91 Å². The molecule has 2 unspecified atom stereocenters. The number of amides is 1. The predicted molar refractivity (Wildman–Crippen MR) is 113 cm³/mol. The van der Waals surface area contributed by atoms with Crippen LogP contribution in [0.25, 0.3) is 22.6 Å². The number of aromatic nitrogens is 1. The van der Waals surface area contributed by atoms with Crippen LogP contribution in [0.5, 0.6) is 0 Å². The van der Waals surface area contributed by atoms with Gasteiger partial charge in [-0.05, 0) is 63.0 Å². The normalized spacial score (nSPS) is 13.4. The fourth-order valence-corrected chi connectivity index (χ4v) is 3.14. The molecule has 148 valence electrons. The first-order valence-electron chi connectivity index (χ1n) is 10.1. The van der Waals surface area contributed by atoms with E-state index in [0.717, 1.165) is 31.5 Å². The topological polar surface area (TPSA) is 67.2 Å². The minimum absolute atomic E-state index is 0.0756. The molecule has 1 amide bonds. The highest BCUT2D eigenvalue weighted by Gasteiger charge is 2.20. The summed E-state index contributed by atoms with van der Waals surface area (Å²) in [4.78, 5) is 17.5. The number of para-hydroxylation sites is 1. The second-order valence-electron chi connectivity index (χ2n) is 7.32. The van der Waals surface area contributed by atoms with Gasteiger partial charge >= 0.3 is 0 Å². The summed E-state index contributed by atoms with van der Waals surface area (Å²) in [7, 11) is 0. The van der Waals surface area contributed by atoms with Crippen LogP contribution in [0, 0.1) is 5.92 Å². The summed E-state index contributed by atoms with van der Waals surface area (Å²) in [6.45, 7) is 8.39. The van der Waals surface area contributed by atoms with Crippen molar-refractivity contribution in [2.24, 2.45) is 5.92 Å². The van der Waals surface area contributed by atoms with Gasteiger partial charge in [-0.25, -0.2) is 4.98 Å². The molecule has 2 aromatic carbocycles. The van der Waals surface area contributed by atoms with E-state index in [0.29, 0.717) is 28.5 Å². The van der Waals surface area contributed by atoms with Gasteiger partial charge in [-0.15, -0.1) is 0 Å². The summed E-state index contributed by atoms with van der Waals surface area (Å²) >= 11 is 0. The second kappa shape index (κ2) is 9.51. The van der Waals surface area contributed by atoms with Crippen molar-refractivity contribution >= 4 is 17.0 Å². The lowest BCUT2D eigenvalue weighted by Gasteiger charge is -2.21. The lowest BCUT2D eigenvalue weighted by atomic mass is 9.99. The molecule has 0 saturated carbocycles. The Bertz CT molecular complexity index is 905. The van der Waals surface area contributed by atoms with Gasteiger partial charge < -0.3 is 15.1 Å². The van der Waals surface area contributed by atoms with Crippen molar-refractivity contribution < 1.29 is 9.21 Å². The van der Waals surface area contributed by atoms with Crippen LogP contribution in [-0.4, -0.2) is 30.0 Å². The third kappa shape index (κ3) is 4.78. The maximum Gasteiger partial charge on any atom is 0.253 e. The number of carbonyl (C=O) groups excluding carboxylic acids is 1. The van der Waals surface area contributed by atoms with E-state index in [1.165, 1.54) is 0 Å². The summed E-state index contributed by atoms with van der Waals surface area (Å²) < 4.78 is 5.87. The molecule has 2 atom stereocenters. The van der Waals surface area contributed by atoms with Gasteiger partial charge in [-0.2, -0.15) is 0 Å². The van der Waals surface area contributed by atoms with E-state index in [1.807, 2.05) is 42.5 Å². The first-order chi connectivity index (χ1) is 13.6. The van der Waals surface area contributed by atoms with Crippen molar-refractivity contribution in [1.29, 1.82) is 0 Å². The van der Waals surface area contributed by atoms with E-state index in [-0.39, 0.29) is 11.9 Å². The van der Waals surface area contributed by atoms with Gasteiger partial charge in [0.05, 0.1) is 5.56 Å². The molecule has 0 spiro atoms. The number of carbonyl (C=O) groups is 1. The maximum atomic E-state index is 12.9. The molecule has 0 bridgehead atoms. The average molecular weight is 380 g/mol. The molecule has 28 heavy (non-hydrogen) atoms. The molecule has 1 heterocycles. The van der Waals surface area contributed by atoms with Crippen LogP contribution in [0.1, 0.15) is 44.0 Å². The van der Waals surface area contributed by atoms with Crippen molar-refractivity contribution in [2.75, 3.05) is 13.1 Å². The fraction of sp³-hybridized carbons (Fsp3) is 0.391. The summed E-state index contributed by atoms with van der Waals surface area (Å²) in [5, 5.41) is 6.54. The molecule has 2 N–H and O–H groups in total. The van der Waals surface area contributed by atoms with E-state index in [4.69, 9.17) is 4.42 Å². The molecular weight excluding hydrogens is 350 g/mol. The highest BCUT2D eigenvalue weighted by molar-refractivity contribution is 6.04. The quantitative estimate of drug-likeness (QED) is 0.532. The number of nitrogens with one attached hydrogen (secondary N) is 2. The summed E-state index contributed by atoms with van der Waals surface area (Å²) in [6, 6.07) is 15.3. The van der Waals surface area contributed by atoms with E-state index in [9.17, 15) is 4.79 Å². The zero-order chi connectivity index (χ0) is 19.9. The zero-order valence-electron chi connectivity index (χ0n) is 16.9. The summed E-state index contributed by atoms with van der Waals surface area (Å²) in [5.41, 5.74) is 2.66. The van der Waals surface area contributed by atoms with Gasteiger partial charge in [-0.1, -0.05) is 38.1 Å². The number of hydrogen-bond acceptors (Lipinski definition) is 4. The third-order valence-electron chi connectivity index (χ3n) is 5.10. The number of oxazole rings is 1. The monoisotopic (exact) mass is 379 g/mol. The Morgan fingerprint density at radius 3 is 2.61 bits per heavy atom. The van der Waals surface area contributed by atoms with Crippen LogP contribution in [-0.2, 0) is 0 Å². The van der Waals surface area contributed by atoms with Gasteiger partial charge in [0.1, 0.15) is 5.52 Å². The van der Waals surface area contributed by atoms with Crippen molar-refractivity contribution in [1.82, 2.24) is 15.6 Å². The molecule has 0 fully saturated rings. The Hall–Kier alpha value is -2.66. The van der Waals surface area contributed by atoms with E-state index >= 15 is 0 Å². The first-order valence-corrected chi connectivity index (χ1v) is 10.1. The molecule has 3 rings (SSSR count). The van der Waals surface area contributed by atoms with Crippen LogP contribution < -0.4 is 10.6 Å². The number of benzene rings is 2. The average Bonchev–Trinajstić information content (AvgIpc) is 3.16. The van der Waals surface area contributed by atoms with Crippen LogP contribution in [0.15, 0.2) is 52.9 Å². The highest BCUT2D eigenvalue weighted by atomic mass is 16.3. The molecule has 0 aliphatic heterocycles. The van der Waals surface area contributed by atoms with Crippen molar-refractivity contribution in [2.45, 2.75) is 39.7 Å².